The molecule has 0 amide bonds. The standard InChI is InChI=1S/C22H26ClN6O2P/c1-29-6-5-13-8-18(31-2)16(7-14(13)12-29)27-22-25-10-15(23)21(28-22)26-17-11-24-20(30)9-19(17)32(3)4/h7-11H,5-6,12H2,1-4H3,(H,24,30)(H2,25,26,27,28). The summed E-state index contributed by atoms with van der Waals surface area (Å²) in [5.41, 5.74) is 3.98. The molecular weight excluding hydrogens is 447 g/mol. The molecule has 8 nitrogen and oxygen atoms in total. The molecule has 10 heteroatoms. The second-order valence-corrected chi connectivity index (χ2v) is 10.6. The number of methoxy groups -OCH3 is 1. The van der Waals surface area contributed by atoms with Gasteiger partial charge in [-0.2, -0.15) is 4.98 Å². The smallest absolute Gasteiger partial charge is 0.248 e. The highest BCUT2D eigenvalue weighted by Crippen LogP contribution is 2.34. The van der Waals surface area contributed by atoms with Crippen LogP contribution in [0.15, 0.2) is 35.4 Å². The molecule has 1 aliphatic rings. The first kappa shape index (κ1) is 22.5. The van der Waals surface area contributed by atoms with Gasteiger partial charge in [0.1, 0.15) is 10.8 Å². The maximum Gasteiger partial charge on any atom is 0.248 e. The molecule has 2 aromatic heterocycles. The Morgan fingerprint density at radius 3 is 2.75 bits per heavy atom. The third kappa shape index (κ3) is 4.88. The lowest BCUT2D eigenvalue weighted by Gasteiger charge is -2.26. The number of pyridine rings is 1. The van der Waals surface area contributed by atoms with Gasteiger partial charge in [0, 0.05) is 30.7 Å². The van der Waals surface area contributed by atoms with Gasteiger partial charge in [0.15, 0.2) is 5.82 Å². The number of nitrogens with one attached hydrogen (secondary N) is 3. The predicted molar refractivity (Wildman–Crippen MR) is 132 cm³/mol. The summed E-state index contributed by atoms with van der Waals surface area (Å²) < 4.78 is 5.61. The summed E-state index contributed by atoms with van der Waals surface area (Å²) in [5, 5.41) is 7.83. The summed E-state index contributed by atoms with van der Waals surface area (Å²) in [6, 6.07) is 5.78. The van der Waals surface area contributed by atoms with Gasteiger partial charge in [-0.3, -0.25) is 4.79 Å². The van der Waals surface area contributed by atoms with E-state index in [-0.39, 0.29) is 5.56 Å². The molecule has 0 bridgehead atoms. The van der Waals surface area contributed by atoms with Crippen LogP contribution in [0.1, 0.15) is 11.1 Å². The lowest BCUT2D eigenvalue weighted by atomic mass is 9.99. The quantitative estimate of drug-likeness (QED) is 0.471. The number of anilines is 4. The van der Waals surface area contributed by atoms with Gasteiger partial charge in [-0.1, -0.05) is 19.5 Å². The summed E-state index contributed by atoms with van der Waals surface area (Å²) in [6.07, 6.45) is 4.19. The van der Waals surface area contributed by atoms with Gasteiger partial charge in [-0.25, -0.2) is 4.98 Å². The number of aromatic amines is 1. The Balaban J connectivity index is 1.64. The zero-order valence-corrected chi connectivity index (χ0v) is 20.1. The molecule has 168 valence electrons. The third-order valence-electron chi connectivity index (χ3n) is 5.35. The van der Waals surface area contributed by atoms with Crippen LogP contribution in [0, 0.1) is 0 Å². The normalized spacial score (nSPS) is 13.7. The molecule has 0 aliphatic carbocycles. The molecule has 0 spiro atoms. The van der Waals surface area contributed by atoms with Gasteiger partial charge < -0.3 is 25.3 Å². The van der Waals surface area contributed by atoms with E-state index in [1.807, 2.05) is 0 Å². The second-order valence-electron chi connectivity index (χ2n) is 7.94. The van der Waals surface area contributed by atoms with Gasteiger partial charge in [0.2, 0.25) is 11.5 Å². The molecule has 32 heavy (non-hydrogen) atoms. The van der Waals surface area contributed by atoms with Gasteiger partial charge >= 0.3 is 0 Å². The molecule has 0 saturated carbocycles. The molecule has 3 N–H and O–H groups in total. The van der Waals surface area contributed by atoms with Crippen LogP contribution < -0.4 is 26.2 Å². The van der Waals surface area contributed by atoms with E-state index in [1.165, 1.54) is 11.1 Å². The Kier molecular flexibility index (Phi) is 6.65. The highest BCUT2D eigenvalue weighted by molar-refractivity contribution is 7.64. The van der Waals surface area contributed by atoms with Crippen molar-refractivity contribution in [2.45, 2.75) is 13.0 Å². The Hall–Kier alpha value is -2.67. The summed E-state index contributed by atoms with van der Waals surface area (Å²) >= 11 is 6.37. The zero-order chi connectivity index (χ0) is 22.8. The Morgan fingerprint density at radius 2 is 2.00 bits per heavy atom. The van der Waals surface area contributed by atoms with Gasteiger partial charge in [-0.05, 0) is 50.1 Å². The first-order valence-corrected chi connectivity index (χ1v) is 12.8. The molecule has 0 atom stereocenters. The maximum absolute atomic E-state index is 11.8. The number of ether oxygens (including phenoxy) is 1. The van der Waals surface area contributed by atoms with E-state index in [1.54, 1.807) is 25.6 Å². The number of fused-ring (bicyclic) bond motifs is 1. The topological polar surface area (TPSA) is 95.2 Å². The van der Waals surface area contributed by atoms with Crippen LogP contribution in [0.25, 0.3) is 0 Å². The fraction of sp³-hybridized carbons (Fsp3) is 0.318. The molecule has 1 aliphatic heterocycles. The number of likely N-dealkylation sites (N-methyl/N-ethyl adjacent to an activating group) is 1. The second kappa shape index (κ2) is 9.45. The average molecular weight is 473 g/mol. The molecule has 0 unspecified atom stereocenters. The minimum Gasteiger partial charge on any atom is -0.495 e. The van der Waals surface area contributed by atoms with Crippen molar-refractivity contribution in [3.63, 3.8) is 0 Å². The molecule has 0 fully saturated rings. The maximum atomic E-state index is 11.8. The first-order chi connectivity index (χ1) is 15.3. The van der Waals surface area contributed by atoms with Crippen molar-refractivity contribution < 1.29 is 4.74 Å². The van der Waals surface area contributed by atoms with Gasteiger partial charge in [0.05, 0.1) is 24.7 Å². The van der Waals surface area contributed by atoms with Gasteiger partial charge in [0.25, 0.3) is 0 Å². The lowest BCUT2D eigenvalue weighted by molar-refractivity contribution is 0.312. The van der Waals surface area contributed by atoms with Crippen molar-refractivity contribution >= 4 is 48.0 Å². The predicted octanol–water partition coefficient (Wildman–Crippen LogP) is 3.67. The molecule has 0 radical (unpaired) electrons. The highest BCUT2D eigenvalue weighted by Gasteiger charge is 2.18. The summed E-state index contributed by atoms with van der Waals surface area (Å²) in [4.78, 5) is 25.7. The number of hydrogen-bond donors (Lipinski definition) is 3. The van der Waals surface area contributed by atoms with Gasteiger partial charge in [-0.15, -0.1) is 0 Å². The first-order valence-electron chi connectivity index (χ1n) is 10.2. The number of halogens is 1. The highest BCUT2D eigenvalue weighted by atomic mass is 35.5. The fourth-order valence-electron chi connectivity index (χ4n) is 3.69. The third-order valence-corrected chi connectivity index (χ3v) is 6.96. The number of aromatic nitrogens is 3. The minimum absolute atomic E-state index is 0.136. The van der Waals surface area contributed by atoms with Crippen molar-refractivity contribution in [3.8, 4) is 5.75 Å². The Bertz CT molecular complexity index is 1200. The average Bonchev–Trinajstić information content (AvgIpc) is 2.76. The van der Waals surface area contributed by atoms with Crippen LogP contribution in [0.5, 0.6) is 5.75 Å². The Morgan fingerprint density at radius 1 is 1.19 bits per heavy atom. The number of benzene rings is 1. The molecular formula is C22H26ClN6O2P. The van der Waals surface area contributed by atoms with Crippen LogP contribution in [-0.2, 0) is 13.0 Å². The molecule has 0 saturated heterocycles. The van der Waals surface area contributed by atoms with E-state index in [4.69, 9.17) is 16.3 Å². The summed E-state index contributed by atoms with van der Waals surface area (Å²) in [7, 11) is 3.26. The number of nitrogens with zero attached hydrogens (tertiary/aromatic N) is 3. The van der Waals surface area contributed by atoms with Crippen LogP contribution in [-0.4, -0.2) is 53.9 Å². The largest absolute Gasteiger partial charge is 0.495 e. The SMILES string of the molecule is COc1cc2c(cc1Nc1ncc(Cl)c(Nc3c[nH]c(=O)cc3P(C)C)n1)CN(C)CC2. The summed E-state index contributed by atoms with van der Waals surface area (Å²) in [5.74, 6) is 1.58. The molecule has 1 aromatic carbocycles. The van der Waals surface area contributed by atoms with E-state index < -0.39 is 7.92 Å². The minimum atomic E-state index is -0.506. The zero-order valence-electron chi connectivity index (χ0n) is 18.5. The van der Waals surface area contributed by atoms with E-state index in [2.05, 4.69) is 63.0 Å². The molecule has 4 rings (SSSR count). The number of rotatable bonds is 6. The number of hydrogen-bond acceptors (Lipinski definition) is 7. The lowest BCUT2D eigenvalue weighted by Crippen LogP contribution is -2.26. The van der Waals surface area contributed by atoms with Crippen LogP contribution in [0.3, 0.4) is 0 Å². The van der Waals surface area contributed by atoms with E-state index in [9.17, 15) is 4.79 Å². The summed E-state index contributed by atoms with van der Waals surface area (Å²) in [6.45, 7) is 6.09. The van der Waals surface area contributed by atoms with E-state index in [0.29, 0.717) is 16.8 Å². The van der Waals surface area contributed by atoms with E-state index >= 15 is 0 Å². The number of H-pyrrole nitrogens is 1. The Labute approximate surface area is 193 Å². The van der Waals surface area contributed by atoms with Crippen molar-refractivity contribution in [1.82, 2.24) is 19.9 Å². The van der Waals surface area contributed by atoms with Crippen molar-refractivity contribution in [1.29, 1.82) is 0 Å². The van der Waals surface area contributed by atoms with Crippen LogP contribution in [0.2, 0.25) is 5.02 Å². The molecule has 3 heterocycles. The van der Waals surface area contributed by atoms with Crippen LogP contribution >= 0.6 is 19.5 Å². The molecule has 3 aromatic rings. The monoisotopic (exact) mass is 472 g/mol. The fourth-order valence-corrected chi connectivity index (χ4v) is 4.80. The van der Waals surface area contributed by atoms with Crippen LogP contribution in [0.4, 0.5) is 23.1 Å². The van der Waals surface area contributed by atoms with Crippen molar-refractivity contribution in [2.24, 2.45) is 0 Å². The van der Waals surface area contributed by atoms with Crippen molar-refractivity contribution in [2.75, 3.05) is 44.7 Å². The van der Waals surface area contributed by atoms with E-state index in [0.717, 1.165) is 41.9 Å². The van der Waals surface area contributed by atoms with Crippen molar-refractivity contribution in [3.05, 3.63) is 57.1 Å².